The SMILES string of the molecule is CC(C)(C)c1cc(-c2nc3ccccc3c3occc23)cc2ccccc12. The van der Waals surface area contributed by atoms with Gasteiger partial charge in [0.1, 0.15) is 5.58 Å². The van der Waals surface area contributed by atoms with Crippen LogP contribution in [0.5, 0.6) is 0 Å². The highest BCUT2D eigenvalue weighted by Gasteiger charge is 2.20. The largest absolute Gasteiger partial charge is 0.464 e. The molecule has 0 saturated carbocycles. The van der Waals surface area contributed by atoms with Crippen molar-refractivity contribution in [2.75, 3.05) is 0 Å². The maximum Gasteiger partial charge on any atom is 0.145 e. The fourth-order valence-electron chi connectivity index (χ4n) is 3.94. The summed E-state index contributed by atoms with van der Waals surface area (Å²) in [4.78, 5) is 5.02. The van der Waals surface area contributed by atoms with Gasteiger partial charge in [0.15, 0.2) is 0 Å². The van der Waals surface area contributed by atoms with Crippen LogP contribution in [-0.4, -0.2) is 4.98 Å². The molecule has 0 bridgehead atoms. The standard InChI is InChI=1S/C25H21NO/c1-25(2,3)21-15-17(14-16-8-4-5-9-18(16)21)23-20-12-13-27-24(20)19-10-6-7-11-22(19)26-23/h4-15H,1-3H3. The van der Waals surface area contributed by atoms with E-state index in [9.17, 15) is 0 Å². The third kappa shape index (κ3) is 2.52. The minimum Gasteiger partial charge on any atom is -0.464 e. The van der Waals surface area contributed by atoms with Crippen molar-refractivity contribution in [2.45, 2.75) is 26.2 Å². The molecule has 0 unspecified atom stereocenters. The van der Waals surface area contributed by atoms with Crippen LogP contribution in [0.25, 0.3) is 43.9 Å². The second-order valence-electron chi connectivity index (χ2n) is 8.14. The first kappa shape index (κ1) is 16.1. The van der Waals surface area contributed by atoms with E-state index in [4.69, 9.17) is 9.40 Å². The van der Waals surface area contributed by atoms with Gasteiger partial charge in [-0.2, -0.15) is 0 Å². The molecule has 2 heteroatoms. The zero-order valence-electron chi connectivity index (χ0n) is 15.8. The topological polar surface area (TPSA) is 26.0 Å². The zero-order chi connectivity index (χ0) is 18.6. The number of hydrogen-bond donors (Lipinski definition) is 0. The lowest BCUT2D eigenvalue weighted by atomic mass is 9.82. The Kier molecular flexibility index (Phi) is 3.38. The average Bonchev–Trinajstić information content (AvgIpc) is 3.16. The van der Waals surface area contributed by atoms with Crippen LogP contribution in [0.1, 0.15) is 26.3 Å². The van der Waals surface area contributed by atoms with Crippen molar-refractivity contribution in [3.8, 4) is 11.3 Å². The van der Waals surface area contributed by atoms with Crippen LogP contribution in [0, 0.1) is 0 Å². The minimum absolute atomic E-state index is 0.0436. The molecule has 0 atom stereocenters. The van der Waals surface area contributed by atoms with Crippen LogP contribution in [-0.2, 0) is 5.41 Å². The Labute approximate surface area is 158 Å². The van der Waals surface area contributed by atoms with Gasteiger partial charge in [-0.3, -0.25) is 0 Å². The molecule has 2 nitrogen and oxygen atoms in total. The number of nitrogens with zero attached hydrogens (tertiary/aromatic N) is 1. The molecule has 0 radical (unpaired) electrons. The van der Waals surface area contributed by atoms with Gasteiger partial charge in [0, 0.05) is 16.3 Å². The monoisotopic (exact) mass is 351 g/mol. The number of pyridine rings is 1. The first-order valence-electron chi connectivity index (χ1n) is 9.32. The fraction of sp³-hybridized carbons (Fsp3) is 0.160. The molecule has 0 spiro atoms. The third-order valence-electron chi connectivity index (χ3n) is 5.24. The van der Waals surface area contributed by atoms with Gasteiger partial charge in [0.05, 0.1) is 17.5 Å². The highest BCUT2D eigenvalue weighted by atomic mass is 16.3. The predicted molar refractivity (Wildman–Crippen MR) is 113 cm³/mol. The molecule has 2 aromatic heterocycles. The van der Waals surface area contributed by atoms with Crippen LogP contribution >= 0.6 is 0 Å². The Morgan fingerprint density at radius 2 is 1.52 bits per heavy atom. The van der Waals surface area contributed by atoms with Crippen molar-refractivity contribution in [1.82, 2.24) is 4.98 Å². The molecule has 0 saturated heterocycles. The van der Waals surface area contributed by atoms with Gasteiger partial charge in [0.2, 0.25) is 0 Å². The van der Waals surface area contributed by atoms with E-state index in [1.54, 1.807) is 6.26 Å². The van der Waals surface area contributed by atoms with Crippen molar-refractivity contribution >= 4 is 32.6 Å². The summed E-state index contributed by atoms with van der Waals surface area (Å²) in [5, 5.41) is 4.66. The number of hydrogen-bond acceptors (Lipinski definition) is 2. The van der Waals surface area contributed by atoms with Gasteiger partial charge < -0.3 is 4.42 Å². The van der Waals surface area contributed by atoms with Crippen molar-refractivity contribution in [3.05, 3.63) is 78.6 Å². The lowest BCUT2D eigenvalue weighted by molar-refractivity contribution is 0.596. The molecule has 0 aliphatic rings. The molecule has 0 N–H and O–H groups in total. The second-order valence-corrected chi connectivity index (χ2v) is 8.14. The molecule has 3 aromatic carbocycles. The molecule has 27 heavy (non-hydrogen) atoms. The molecule has 5 aromatic rings. The van der Waals surface area contributed by atoms with E-state index in [1.165, 1.54) is 16.3 Å². The van der Waals surface area contributed by atoms with Crippen LogP contribution in [0.15, 0.2) is 77.4 Å². The van der Waals surface area contributed by atoms with Crippen molar-refractivity contribution in [3.63, 3.8) is 0 Å². The summed E-state index contributed by atoms with van der Waals surface area (Å²) in [6, 6.07) is 23.3. The molecule has 5 rings (SSSR count). The Balaban J connectivity index is 1.89. The summed E-state index contributed by atoms with van der Waals surface area (Å²) in [6.45, 7) is 6.79. The molecule has 0 amide bonds. The summed E-state index contributed by atoms with van der Waals surface area (Å²) in [6.07, 6.45) is 1.76. The Morgan fingerprint density at radius 1 is 0.778 bits per heavy atom. The Bertz CT molecular complexity index is 1300. The number of benzene rings is 3. The molecule has 0 aliphatic heterocycles. The van der Waals surface area contributed by atoms with Gasteiger partial charge in [0.25, 0.3) is 0 Å². The Morgan fingerprint density at radius 3 is 2.33 bits per heavy atom. The average molecular weight is 351 g/mol. The highest BCUT2D eigenvalue weighted by Crippen LogP contribution is 2.38. The summed E-state index contributed by atoms with van der Waals surface area (Å²) < 4.78 is 5.84. The van der Waals surface area contributed by atoms with E-state index in [0.717, 1.165) is 33.1 Å². The fourth-order valence-corrected chi connectivity index (χ4v) is 3.94. The smallest absolute Gasteiger partial charge is 0.145 e. The summed E-state index contributed by atoms with van der Waals surface area (Å²) in [5.41, 5.74) is 5.36. The van der Waals surface area contributed by atoms with Crippen molar-refractivity contribution < 1.29 is 4.42 Å². The molecular weight excluding hydrogens is 330 g/mol. The third-order valence-corrected chi connectivity index (χ3v) is 5.24. The first-order valence-corrected chi connectivity index (χ1v) is 9.32. The van der Waals surface area contributed by atoms with Crippen LogP contribution in [0.2, 0.25) is 0 Å². The van der Waals surface area contributed by atoms with Crippen LogP contribution in [0.3, 0.4) is 0 Å². The lowest BCUT2D eigenvalue weighted by Gasteiger charge is -2.23. The van der Waals surface area contributed by atoms with Gasteiger partial charge in [-0.25, -0.2) is 4.98 Å². The quantitative estimate of drug-likeness (QED) is 0.322. The first-order chi connectivity index (χ1) is 13.0. The van der Waals surface area contributed by atoms with E-state index in [0.29, 0.717) is 0 Å². The minimum atomic E-state index is 0.0436. The maximum absolute atomic E-state index is 5.84. The Hall–Kier alpha value is -3.13. The number of para-hydroxylation sites is 1. The number of fused-ring (bicyclic) bond motifs is 4. The number of rotatable bonds is 1. The normalized spacial score (nSPS) is 12.3. The van der Waals surface area contributed by atoms with E-state index >= 15 is 0 Å². The molecule has 0 fully saturated rings. The predicted octanol–water partition coefficient (Wildman–Crippen LogP) is 7.10. The number of furan rings is 1. The van der Waals surface area contributed by atoms with Crippen molar-refractivity contribution in [1.29, 1.82) is 0 Å². The summed E-state index contributed by atoms with van der Waals surface area (Å²) in [5.74, 6) is 0. The number of aromatic nitrogens is 1. The second kappa shape index (κ2) is 5.68. The van der Waals surface area contributed by atoms with E-state index < -0.39 is 0 Å². The van der Waals surface area contributed by atoms with Crippen LogP contribution in [0.4, 0.5) is 0 Å². The molecule has 132 valence electrons. The highest BCUT2D eigenvalue weighted by molar-refractivity contribution is 6.08. The summed E-state index contributed by atoms with van der Waals surface area (Å²) in [7, 11) is 0. The van der Waals surface area contributed by atoms with Gasteiger partial charge >= 0.3 is 0 Å². The van der Waals surface area contributed by atoms with Gasteiger partial charge in [-0.05, 0) is 52.1 Å². The maximum atomic E-state index is 5.84. The van der Waals surface area contributed by atoms with Gasteiger partial charge in [-0.15, -0.1) is 0 Å². The zero-order valence-corrected chi connectivity index (χ0v) is 15.8. The van der Waals surface area contributed by atoms with Crippen molar-refractivity contribution in [2.24, 2.45) is 0 Å². The van der Waals surface area contributed by atoms with E-state index in [-0.39, 0.29) is 5.41 Å². The van der Waals surface area contributed by atoms with Gasteiger partial charge in [-0.1, -0.05) is 57.2 Å². The van der Waals surface area contributed by atoms with E-state index in [1.807, 2.05) is 24.3 Å². The van der Waals surface area contributed by atoms with Crippen LogP contribution < -0.4 is 0 Å². The summed E-state index contributed by atoms with van der Waals surface area (Å²) >= 11 is 0. The molecule has 2 heterocycles. The lowest BCUT2D eigenvalue weighted by Crippen LogP contribution is -2.12. The van der Waals surface area contributed by atoms with E-state index in [2.05, 4.69) is 63.2 Å². The molecule has 0 aliphatic carbocycles. The molecular formula is C25H21NO.